The van der Waals surface area contributed by atoms with Gasteiger partial charge in [0.05, 0.1) is 6.61 Å². The van der Waals surface area contributed by atoms with Crippen LogP contribution in [-0.2, 0) is 14.3 Å². The number of hydrogen-bond acceptors (Lipinski definition) is 4. The fourth-order valence-electron chi connectivity index (χ4n) is 0.608. The standard InChI is InChI=1S/C7H15NO3S/c8-2-5-10-3-1-4-11-6-7(9)12/h1-6,8H2,(H,9,12). The van der Waals surface area contributed by atoms with Crippen LogP contribution >= 0.6 is 12.6 Å². The first-order valence-electron chi connectivity index (χ1n) is 3.84. The Labute approximate surface area is 77.8 Å². The second-order valence-electron chi connectivity index (χ2n) is 2.20. The van der Waals surface area contributed by atoms with Gasteiger partial charge in [-0.25, -0.2) is 0 Å². The number of thiol groups is 1. The van der Waals surface area contributed by atoms with E-state index in [2.05, 4.69) is 12.6 Å². The summed E-state index contributed by atoms with van der Waals surface area (Å²) in [6.07, 6.45) is 0.779. The third kappa shape index (κ3) is 9.90. The third-order valence-electron chi connectivity index (χ3n) is 1.07. The molecule has 2 N–H and O–H groups in total. The second kappa shape index (κ2) is 8.99. The molecular formula is C7H15NO3S. The molecule has 12 heavy (non-hydrogen) atoms. The van der Waals surface area contributed by atoms with Crippen LogP contribution in [0.4, 0.5) is 0 Å². The third-order valence-corrected chi connectivity index (χ3v) is 1.19. The Kier molecular flexibility index (Phi) is 8.92. The highest BCUT2D eigenvalue weighted by atomic mass is 32.1. The number of hydrogen-bond donors (Lipinski definition) is 2. The van der Waals surface area contributed by atoms with Gasteiger partial charge in [-0.2, -0.15) is 0 Å². The van der Waals surface area contributed by atoms with Crippen molar-refractivity contribution in [2.24, 2.45) is 5.73 Å². The smallest absolute Gasteiger partial charge is 0.211 e. The second-order valence-corrected chi connectivity index (χ2v) is 2.70. The van der Waals surface area contributed by atoms with Gasteiger partial charge in [0, 0.05) is 19.8 Å². The normalized spacial score (nSPS) is 10.2. The molecule has 0 aromatic carbocycles. The summed E-state index contributed by atoms with van der Waals surface area (Å²) in [6, 6.07) is 0. The summed E-state index contributed by atoms with van der Waals surface area (Å²) in [7, 11) is 0. The van der Waals surface area contributed by atoms with E-state index in [0.29, 0.717) is 26.4 Å². The van der Waals surface area contributed by atoms with Crippen molar-refractivity contribution in [1.29, 1.82) is 0 Å². The van der Waals surface area contributed by atoms with Crippen molar-refractivity contribution < 1.29 is 14.3 Å². The Bertz CT molecular complexity index is 121. The molecule has 0 aromatic rings. The predicted octanol–water partition coefficient (Wildman–Crippen LogP) is -0.175. The van der Waals surface area contributed by atoms with Crippen molar-refractivity contribution in [1.82, 2.24) is 0 Å². The molecule has 0 saturated heterocycles. The van der Waals surface area contributed by atoms with Crippen molar-refractivity contribution in [3.05, 3.63) is 0 Å². The van der Waals surface area contributed by atoms with Gasteiger partial charge in [-0.1, -0.05) is 0 Å². The molecule has 0 aliphatic carbocycles. The minimum absolute atomic E-state index is 0.0694. The van der Waals surface area contributed by atoms with E-state index in [-0.39, 0.29) is 11.7 Å². The van der Waals surface area contributed by atoms with E-state index in [0.717, 1.165) is 6.42 Å². The molecule has 0 unspecified atom stereocenters. The van der Waals surface area contributed by atoms with E-state index in [1.165, 1.54) is 0 Å². The van der Waals surface area contributed by atoms with Crippen LogP contribution in [0.25, 0.3) is 0 Å². The maximum Gasteiger partial charge on any atom is 0.211 e. The van der Waals surface area contributed by atoms with Crippen LogP contribution in [0, 0.1) is 0 Å². The molecule has 0 aliphatic rings. The van der Waals surface area contributed by atoms with E-state index < -0.39 is 0 Å². The fourth-order valence-corrected chi connectivity index (χ4v) is 0.699. The zero-order chi connectivity index (χ0) is 9.23. The molecule has 0 spiro atoms. The van der Waals surface area contributed by atoms with Gasteiger partial charge in [0.25, 0.3) is 0 Å². The maximum atomic E-state index is 10.3. The summed E-state index contributed by atoms with van der Waals surface area (Å²) >= 11 is 3.54. The molecular weight excluding hydrogens is 178 g/mol. The van der Waals surface area contributed by atoms with Crippen molar-refractivity contribution in [3.63, 3.8) is 0 Å². The summed E-state index contributed by atoms with van der Waals surface area (Å²) in [5.41, 5.74) is 5.20. The van der Waals surface area contributed by atoms with Gasteiger partial charge >= 0.3 is 0 Å². The lowest BCUT2D eigenvalue weighted by Gasteiger charge is -2.02. The highest BCUT2D eigenvalue weighted by Crippen LogP contribution is 1.86. The number of nitrogens with two attached hydrogens (primary N) is 1. The highest BCUT2D eigenvalue weighted by Gasteiger charge is 1.93. The van der Waals surface area contributed by atoms with Crippen LogP contribution < -0.4 is 5.73 Å². The highest BCUT2D eigenvalue weighted by molar-refractivity contribution is 7.96. The average molecular weight is 193 g/mol. The van der Waals surface area contributed by atoms with Gasteiger partial charge < -0.3 is 15.2 Å². The molecule has 0 aliphatic heterocycles. The van der Waals surface area contributed by atoms with Crippen LogP contribution in [0.1, 0.15) is 6.42 Å². The molecule has 0 aromatic heterocycles. The largest absolute Gasteiger partial charge is 0.380 e. The van der Waals surface area contributed by atoms with Crippen LogP contribution in [0.15, 0.2) is 0 Å². The van der Waals surface area contributed by atoms with Gasteiger partial charge in [0.1, 0.15) is 6.61 Å². The molecule has 0 bridgehead atoms. The van der Waals surface area contributed by atoms with E-state index in [4.69, 9.17) is 15.2 Å². The van der Waals surface area contributed by atoms with E-state index >= 15 is 0 Å². The van der Waals surface area contributed by atoms with Gasteiger partial charge in [-0.3, -0.25) is 4.79 Å². The maximum absolute atomic E-state index is 10.3. The average Bonchev–Trinajstić information content (AvgIpc) is 2.02. The SMILES string of the molecule is NCCOCCCOCC(=O)S. The lowest BCUT2D eigenvalue weighted by Crippen LogP contribution is -2.11. The fraction of sp³-hybridized carbons (Fsp3) is 0.857. The summed E-state index contributed by atoms with van der Waals surface area (Å²) in [5.74, 6) is 0. The number of carbonyl (C=O) groups excluding carboxylic acids is 1. The van der Waals surface area contributed by atoms with Crippen LogP contribution in [0.3, 0.4) is 0 Å². The molecule has 0 atom stereocenters. The van der Waals surface area contributed by atoms with Gasteiger partial charge in [-0.15, -0.1) is 12.6 Å². The Morgan fingerprint density at radius 1 is 1.25 bits per heavy atom. The first-order chi connectivity index (χ1) is 5.77. The Hall–Kier alpha value is -0.100. The van der Waals surface area contributed by atoms with Gasteiger partial charge in [-0.05, 0) is 6.42 Å². The van der Waals surface area contributed by atoms with Crippen LogP contribution in [-0.4, -0.2) is 38.1 Å². The Balaban J connectivity index is 2.86. The lowest BCUT2D eigenvalue weighted by atomic mass is 10.5. The minimum atomic E-state index is -0.252. The molecule has 0 radical (unpaired) electrons. The molecule has 0 rings (SSSR count). The van der Waals surface area contributed by atoms with E-state index in [1.807, 2.05) is 0 Å². The topological polar surface area (TPSA) is 61.6 Å². The van der Waals surface area contributed by atoms with Crippen molar-refractivity contribution in [2.45, 2.75) is 6.42 Å². The Morgan fingerprint density at radius 3 is 2.50 bits per heavy atom. The van der Waals surface area contributed by atoms with Gasteiger partial charge in [0.2, 0.25) is 5.12 Å². The molecule has 5 heteroatoms. The lowest BCUT2D eigenvalue weighted by molar-refractivity contribution is -0.115. The first kappa shape index (κ1) is 11.9. The quantitative estimate of drug-likeness (QED) is 0.415. The minimum Gasteiger partial charge on any atom is -0.380 e. The van der Waals surface area contributed by atoms with Crippen LogP contribution in [0.2, 0.25) is 0 Å². The predicted molar refractivity (Wildman–Crippen MR) is 49.3 cm³/mol. The number of rotatable bonds is 8. The summed E-state index contributed by atoms with van der Waals surface area (Å²) in [6.45, 7) is 2.33. The summed E-state index contributed by atoms with van der Waals surface area (Å²) < 4.78 is 10.0. The summed E-state index contributed by atoms with van der Waals surface area (Å²) in [4.78, 5) is 10.3. The van der Waals surface area contributed by atoms with E-state index in [1.54, 1.807) is 0 Å². The van der Waals surface area contributed by atoms with Crippen molar-refractivity contribution in [3.8, 4) is 0 Å². The zero-order valence-corrected chi connectivity index (χ0v) is 7.89. The summed E-state index contributed by atoms with van der Waals surface area (Å²) in [5, 5.41) is -0.252. The van der Waals surface area contributed by atoms with Crippen molar-refractivity contribution >= 4 is 17.7 Å². The molecule has 0 fully saturated rings. The van der Waals surface area contributed by atoms with Gasteiger partial charge in [0.15, 0.2) is 0 Å². The Morgan fingerprint density at radius 2 is 1.92 bits per heavy atom. The number of ether oxygens (including phenoxy) is 2. The molecule has 0 saturated carbocycles. The first-order valence-corrected chi connectivity index (χ1v) is 4.29. The van der Waals surface area contributed by atoms with E-state index in [9.17, 15) is 4.79 Å². The molecule has 4 nitrogen and oxygen atoms in total. The molecule has 0 amide bonds. The molecule has 72 valence electrons. The monoisotopic (exact) mass is 193 g/mol. The zero-order valence-electron chi connectivity index (χ0n) is 6.99. The molecule has 0 heterocycles. The van der Waals surface area contributed by atoms with Crippen molar-refractivity contribution in [2.75, 3.05) is 33.0 Å². The van der Waals surface area contributed by atoms with Crippen LogP contribution in [0.5, 0.6) is 0 Å². The number of carbonyl (C=O) groups is 1.